The van der Waals surface area contributed by atoms with E-state index in [1.807, 2.05) is 24.3 Å². The molecule has 0 aromatic heterocycles. The van der Waals surface area contributed by atoms with Crippen LogP contribution in [0.5, 0.6) is 11.5 Å². The van der Waals surface area contributed by atoms with Crippen LogP contribution in [0.3, 0.4) is 0 Å². The zero-order chi connectivity index (χ0) is 20.6. The van der Waals surface area contributed by atoms with Gasteiger partial charge in [-0.05, 0) is 29.8 Å². The lowest BCUT2D eigenvalue weighted by atomic mass is 10.2. The van der Waals surface area contributed by atoms with E-state index in [0.717, 1.165) is 38.4 Å². The fourth-order valence-corrected chi connectivity index (χ4v) is 2.94. The number of hydrogen-bond donors (Lipinski definition) is 1. The molecule has 29 heavy (non-hydrogen) atoms. The van der Waals surface area contributed by atoms with Crippen LogP contribution in [-0.2, 0) is 16.1 Å². The molecular weight excluding hydrogens is 378 g/mol. The Morgan fingerprint density at radius 3 is 2.59 bits per heavy atom. The summed E-state index contributed by atoms with van der Waals surface area (Å²) < 4.78 is 15.6. The quantitative estimate of drug-likeness (QED) is 0.535. The Hall–Kier alpha value is -3.17. The fraction of sp³-hybridized carbons (Fsp3) is 0.350. The monoisotopic (exact) mass is 401 g/mol. The number of nitrogens with one attached hydrogen (secondary N) is 1. The number of nitro groups is 1. The maximum atomic E-state index is 12.1. The lowest BCUT2D eigenvalue weighted by Crippen LogP contribution is -2.35. The number of methoxy groups -OCH3 is 1. The molecule has 0 atom stereocenters. The first-order chi connectivity index (χ1) is 14.0. The summed E-state index contributed by atoms with van der Waals surface area (Å²) in [7, 11) is 1.42. The van der Waals surface area contributed by atoms with E-state index in [-0.39, 0.29) is 18.0 Å². The summed E-state index contributed by atoms with van der Waals surface area (Å²) in [5, 5.41) is 13.9. The lowest BCUT2D eigenvalue weighted by molar-refractivity contribution is -0.385. The molecule has 1 saturated heterocycles. The number of carbonyl (C=O) groups excluding carboxylic acids is 1. The average molecular weight is 401 g/mol. The van der Waals surface area contributed by atoms with Crippen molar-refractivity contribution >= 4 is 17.3 Å². The first-order valence-corrected chi connectivity index (χ1v) is 9.19. The van der Waals surface area contributed by atoms with Gasteiger partial charge in [0.1, 0.15) is 5.75 Å². The Morgan fingerprint density at radius 1 is 1.21 bits per heavy atom. The van der Waals surface area contributed by atoms with E-state index in [2.05, 4.69) is 10.2 Å². The van der Waals surface area contributed by atoms with Crippen LogP contribution in [0.25, 0.3) is 0 Å². The number of anilines is 1. The highest BCUT2D eigenvalue weighted by Crippen LogP contribution is 2.31. The van der Waals surface area contributed by atoms with Gasteiger partial charge in [0.15, 0.2) is 12.4 Å². The van der Waals surface area contributed by atoms with Gasteiger partial charge in [-0.25, -0.2) is 0 Å². The number of hydrogen-bond acceptors (Lipinski definition) is 7. The number of carbonyl (C=O) groups is 1. The highest BCUT2D eigenvalue weighted by molar-refractivity contribution is 5.91. The minimum atomic E-state index is -0.580. The van der Waals surface area contributed by atoms with Gasteiger partial charge in [-0.15, -0.1) is 0 Å². The summed E-state index contributed by atoms with van der Waals surface area (Å²) in [6.45, 7) is 3.81. The zero-order valence-electron chi connectivity index (χ0n) is 16.1. The molecule has 154 valence electrons. The van der Waals surface area contributed by atoms with E-state index in [0.29, 0.717) is 11.4 Å². The average Bonchev–Trinajstić information content (AvgIpc) is 2.74. The van der Waals surface area contributed by atoms with Crippen LogP contribution in [0.15, 0.2) is 42.5 Å². The van der Waals surface area contributed by atoms with Crippen molar-refractivity contribution in [1.82, 2.24) is 4.90 Å². The van der Waals surface area contributed by atoms with Gasteiger partial charge in [-0.3, -0.25) is 19.8 Å². The normalized spacial score (nSPS) is 14.2. The lowest BCUT2D eigenvalue weighted by Gasteiger charge is -2.26. The first kappa shape index (κ1) is 20.6. The van der Waals surface area contributed by atoms with E-state index >= 15 is 0 Å². The van der Waals surface area contributed by atoms with Crippen LogP contribution >= 0.6 is 0 Å². The maximum Gasteiger partial charge on any atom is 0.314 e. The number of morpholine rings is 1. The van der Waals surface area contributed by atoms with Crippen molar-refractivity contribution in [1.29, 1.82) is 0 Å². The van der Waals surface area contributed by atoms with Gasteiger partial charge >= 0.3 is 5.69 Å². The fourth-order valence-electron chi connectivity index (χ4n) is 2.94. The van der Waals surface area contributed by atoms with E-state index in [1.54, 1.807) is 0 Å². The summed E-state index contributed by atoms with van der Waals surface area (Å²) in [6.07, 6.45) is 0. The Balaban J connectivity index is 1.52. The molecule has 2 aromatic rings. The van der Waals surface area contributed by atoms with Crippen molar-refractivity contribution in [2.24, 2.45) is 0 Å². The summed E-state index contributed by atoms with van der Waals surface area (Å²) in [5.74, 6) is -0.0616. The van der Waals surface area contributed by atoms with E-state index in [1.165, 1.54) is 25.3 Å². The number of nitrogens with zero attached hydrogens (tertiary/aromatic N) is 2. The highest BCUT2D eigenvalue weighted by Gasteiger charge is 2.18. The molecule has 0 unspecified atom stereocenters. The Labute approximate surface area is 168 Å². The summed E-state index contributed by atoms with van der Waals surface area (Å²) in [6, 6.07) is 11.8. The standard InChI is InChI=1S/C20H23N3O6/c1-27-17-6-7-19(18(12-17)23(25)26)29-14-20(24)21-16-4-2-15(3-5-16)13-22-8-10-28-11-9-22/h2-7,12H,8-11,13-14H2,1H3,(H,21,24). The van der Waals surface area contributed by atoms with Crippen molar-refractivity contribution in [3.05, 3.63) is 58.1 Å². The van der Waals surface area contributed by atoms with Crippen molar-refractivity contribution in [2.75, 3.05) is 45.3 Å². The second-order valence-corrected chi connectivity index (χ2v) is 6.51. The van der Waals surface area contributed by atoms with Gasteiger partial charge < -0.3 is 19.5 Å². The number of nitro benzene ring substituents is 1. The van der Waals surface area contributed by atoms with E-state index in [4.69, 9.17) is 14.2 Å². The molecule has 0 bridgehead atoms. The summed E-state index contributed by atoms with van der Waals surface area (Å²) in [5.41, 5.74) is 1.52. The Morgan fingerprint density at radius 2 is 1.93 bits per heavy atom. The molecule has 0 spiro atoms. The molecular formula is C20H23N3O6. The van der Waals surface area contributed by atoms with Gasteiger partial charge in [0.2, 0.25) is 0 Å². The van der Waals surface area contributed by atoms with Gasteiger partial charge in [-0.2, -0.15) is 0 Å². The van der Waals surface area contributed by atoms with Gasteiger partial charge in [-0.1, -0.05) is 12.1 Å². The number of amides is 1. The third kappa shape index (κ3) is 5.90. The van der Waals surface area contributed by atoms with Crippen molar-refractivity contribution < 1.29 is 23.9 Å². The van der Waals surface area contributed by atoms with Crippen LogP contribution in [0.2, 0.25) is 0 Å². The molecule has 2 aromatic carbocycles. The molecule has 1 aliphatic rings. The van der Waals surface area contributed by atoms with Gasteiger partial charge in [0, 0.05) is 25.3 Å². The number of rotatable bonds is 8. The zero-order valence-corrected chi connectivity index (χ0v) is 16.1. The van der Waals surface area contributed by atoms with Crippen molar-refractivity contribution in [2.45, 2.75) is 6.54 Å². The minimum absolute atomic E-state index is 0.00630. The Kier molecular flexibility index (Phi) is 6.99. The van der Waals surface area contributed by atoms with Crippen LogP contribution in [-0.4, -0.2) is 55.8 Å². The first-order valence-electron chi connectivity index (χ1n) is 9.19. The van der Waals surface area contributed by atoms with Gasteiger partial charge in [0.25, 0.3) is 5.91 Å². The molecule has 9 heteroatoms. The van der Waals surface area contributed by atoms with Gasteiger partial charge in [0.05, 0.1) is 31.3 Å². The third-order valence-electron chi connectivity index (χ3n) is 4.47. The molecule has 0 saturated carbocycles. The van der Waals surface area contributed by atoms with Crippen LogP contribution in [0.4, 0.5) is 11.4 Å². The van der Waals surface area contributed by atoms with E-state index in [9.17, 15) is 14.9 Å². The maximum absolute atomic E-state index is 12.1. The van der Waals surface area contributed by atoms with E-state index < -0.39 is 10.8 Å². The molecule has 0 radical (unpaired) electrons. The SMILES string of the molecule is COc1ccc(OCC(=O)Nc2ccc(CN3CCOCC3)cc2)c([N+](=O)[O-])c1. The Bertz CT molecular complexity index is 850. The molecule has 0 aliphatic carbocycles. The topological polar surface area (TPSA) is 103 Å². The minimum Gasteiger partial charge on any atom is -0.496 e. The summed E-state index contributed by atoms with van der Waals surface area (Å²) >= 11 is 0. The predicted molar refractivity (Wildman–Crippen MR) is 106 cm³/mol. The third-order valence-corrected chi connectivity index (χ3v) is 4.47. The van der Waals surface area contributed by atoms with Crippen LogP contribution < -0.4 is 14.8 Å². The summed E-state index contributed by atoms with van der Waals surface area (Å²) in [4.78, 5) is 25.0. The number of ether oxygens (including phenoxy) is 3. The second-order valence-electron chi connectivity index (χ2n) is 6.51. The molecule has 1 fully saturated rings. The van der Waals surface area contributed by atoms with Crippen molar-refractivity contribution in [3.63, 3.8) is 0 Å². The largest absolute Gasteiger partial charge is 0.496 e. The molecule has 1 amide bonds. The molecule has 9 nitrogen and oxygen atoms in total. The molecule has 1 aliphatic heterocycles. The molecule has 1 heterocycles. The highest BCUT2D eigenvalue weighted by atomic mass is 16.6. The number of benzene rings is 2. The van der Waals surface area contributed by atoms with Crippen LogP contribution in [0, 0.1) is 10.1 Å². The van der Waals surface area contributed by atoms with Crippen LogP contribution in [0.1, 0.15) is 5.56 Å². The smallest absolute Gasteiger partial charge is 0.314 e. The predicted octanol–water partition coefficient (Wildman–Crippen LogP) is 2.45. The second kappa shape index (κ2) is 9.85. The van der Waals surface area contributed by atoms with Crippen molar-refractivity contribution in [3.8, 4) is 11.5 Å². The molecule has 1 N–H and O–H groups in total. The molecule has 3 rings (SSSR count).